The SMILES string of the molecule is CCCCCCCC(=O)NCCC(=O)N[C@@H](CCCCNC(=O)OC(C)(C)C)C(=O)N(C)[C@@H]1C(=O)N[C@@H](C)C(=O)N[C@H](C(=O)N[C@@H](C)C(=O)CCl)Cc2ccc(OC(=O)OC(C)(C)C)c(c2)-c2cc1ccc2OC(=O)OC(C)(C)C. The first kappa shape index (κ1) is 67.3. The molecule has 4 bridgehead atoms. The molecule has 23 heteroatoms. The van der Waals surface area contributed by atoms with Gasteiger partial charge in [0.25, 0.3) is 0 Å². The van der Waals surface area contributed by atoms with E-state index in [2.05, 4.69) is 38.8 Å². The predicted octanol–water partition coefficient (Wildman–Crippen LogP) is 7.39. The summed E-state index contributed by atoms with van der Waals surface area (Å²) in [5, 5.41) is 16.1. The second-order valence-electron chi connectivity index (χ2n) is 22.7. The highest BCUT2D eigenvalue weighted by atomic mass is 35.5. The van der Waals surface area contributed by atoms with E-state index < -0.39 is 107 Å². The van der Waals surface area contributed by atoms with Crippen molar-refractivity contribution < 1.29 is 71.6 Å². The lowest BCUT2D eigenvalue weighted by Gasteiger charge is -2.33. The standard InChI is InChI=1S/C57H84ClN7O15/c1-14-15-16-17-18-22-45(67)59-29-27-46(68)63-40(21-19-20-28-60-52(73)78-55(4,5)6)51(72)65(13)47-37-24-26-44(77-54(75)80-57(10,11)12)39(32-37)38-30-36(23-25-43(38)76-53(74)79-56(7,8)9)31-41(49(70)61-34(2)42(66)33-58)64-48(69)35(3)62-50(47)71/h23-26,30,32,34-35,40-41,47H,14-22,27-29,31,33H2,1-13H3,(H,59,67)(H,60,73)(H,61,70)(H,62,71)(H,63,68)(H,64,69)/t34-,35-,40-,41-,47-/m0/s1. The fourth-order valence-electron chi connectivity index (χ4n) is 8.07. The highest BCUT2D eigenvalue weighted by Crippen LogP contribution is 2.41. The van der Waals surface area contributed by atoms with Gasteiger partial charge in [0.05, 0.1) is 11.9 Å². The smallest absolute Gasteiger partial charge is 0.444 e. The first-order chi connectivity index (χ1) is 37.3. The van der Waals surface area contributed by atoms with Crippen LogP contribution in [-0.2, 0) is 54.2 Å². The molecular formula is C57H84ClN7O15. The molecule has 6 N–H and O–H groups in total. The molecule has 7 amide bonds. The Balaban J connectivity index is 2.26. The molecule has 2 aromatic rings. The molecule has 0 saturated heterocycles. The summed E-state index contributed by atoms with van der Waals surface area (Å²) in [5.74, 6) is -5.36. The van der Waals surface area contributed by atoms with E-state index >= 15 is 4.79 Å². The fourth-order valence-corrected chi connectivity index (χ4v) is 8.30. The normalized spacial score (nSPS) is 16.4. The first-order valence-corrected chi connectivity index (χ1v) is 27.7. The minimum atomic E-state index is -1.64. The van der Waals surface area contributed by atoms with Crippen LogP contribution in [0.4, 0.5) is 14.4 Å². The van der Waals surface area contributed by atoms with Gasteiger partial charge in [-0.1, -0.05) is 44.7 Å². The number of alkyl halides is 1. The van der Waals surface area contributed by atoms with Crippen molar-refractivity contribution in [1.82, 2.24) is 36.8 Å². The number of amides is 7. The van der Waals surface area contributed by atoms with Crippen LogP contribution in [0.15, 0.2) is 36.4 Å². The zero-order valence-electron chi connectivity index (χ0n) is 48.7. The first-order valence-electron chi connectivity index (χ1n) is 27.2. The van der Waals surface area contributed by atoms with Crippen LogP contribution in [0.2, 0.25) is 0 Å². The molecule has 0 saturated carbocycles. The molecule has 3 rings (SSSR count). The molecule has 0 aromatic heterocycles. The van der Waals surface area contributed by atoms with Crippen LogP contribution < -0.4 is 41.4 Å². The summed E-state index contributed by atoms with van der Waals surface area (Å²) in [6.45, 7) is 19.9. The topological polar surface area (TPSA) is 292 Å². The Morgan fingerprint density at radius 3 is 1.86 bits per heavy atom. The van der Waals surface area contributed by atoms with E-state index in [4.69, 9.17) is 35.3 Å². The molecule has 80 heavy (non-hydrogen) atoms. The lowest BCUT2D eigenvalue weighted by atomic mass is 9.93. The van der Waals surface area contributed by atoms with E-state index in [1.807, 2.05) is 0 Å². The van der Waals surface area contributed by atoms with E-state index in [0.717, 1.165) is 30.6 Å². The van der Waals surface area contributed by atoms with Crippen molar-refractivity contribution in [2.75, 3.05) is 26.0 Å². The van der Waals surface area contributed by atoms with Gasteiger partial charge in [-0.2, -0.15) is 0 Å². The van der Waals surface area contributed by atoms with E-state index in [-0.39, 0.29) is 72.9 Å². The average molecular weight is 1140 g/mol. The summed E-state index contributed by atoms with van der Waals surface area (Å²) in [7, 11) is 1.32. The Morgan fingerprint density at radius 2 is 1.27 bits per heavy atom. The number of rotatable bonds is 23. The number of halogens is 1. The number of Topliss-reactive ketones (excluding diaryl/α,β-unsaturated/α-hetero) is 1. The number of carbonyl (C=O) groups excluding carboxylic acids is 10. The minimum absolute atomic E-state index is 0.00676. The van der Waals surface area contributed by atoms with Crippen molar-refractivity contribution in [1.29, 1.82) is 0 Å². The highest BCUT2D eigenvalue weighted by molar-refractivity contribution is 6.28. The number of alkyl carbamates (subject to hydrolysis) is 1. The summed E-state index contributed by atoms with van der Waals surface area (Å²) >= 11 is 5.79. The minimum Gasteiger partial charge on any atom is -0.444 e. The van der Waals surface area contributed by atoms with Gasteiger partial charge in [-0.25, -0.2) is 14.4 Å². The number of ketones is 1. The number of ether oxygens (including phenoxy) is 5. The molecule has 2 aromatic carbocycles. The number of fused-ring (bicyclic) bond motifs is 5. The number of hydrogen-bond donors (Lipinski definition) is 6. The summed E-state index contributed by atoms with van der Waals surface area (Å²) in [4.78, 5) is 137. The Morgan fingerprint density at radius 1 is 0.688 bits per heavy atom. The quantitative estimate of drug-likeness (QED) is 0.0208. The van der Waals surface area contributed by atoms with Crippen LogP contribution in [-0.4, -0.2) is 132 Å². The van der Waals surface area contributed by atoms with Crippen molar-refractivity contribution >= 4 is 71.2 Å². The van der Waals surface area contributed by atoms with Gasteiger partial charge in [0, 0.05) is 50.5 Å². The number of hydrogen-bond acceptors (Lipinski definition) is 15. The Labute approximate surface area is 474 Å². The number of benzene rings is 2. The Kier molecular flexibility index (Phi) is 26.2. The lowest BCUT2D eigenvalue weighted by Crippen LogP contribution is -2.57. The van der Waals surface area contributed by atoms with Gasteiger partial charge in [-0.15, -0.1) is 11.6 Å². The molecule has 0 spiro atoms. The van der Waals surface area contributed by atoms with Crippen LogP contribution in [0.25, 0.3) is 11.1 Å². The highest BCUT2D eigenvalue weighted by Gasteiger charge is 2.37. The third kappa shape index (κ3) is 23.8. The van der Waals surface area contributed by atoms with Crippen molar-refractivity contribution in [3.8, 4) is 22.6 Å². The van der Waals surface area contributed by atoms with Gasteiger partial charge < -0.3 is 60.5 Å². The number of nitrogens with zero attached hydrogens (tertiary/aromatic N) is 1. The van der Waals surface area contributed by atoms with Gasteiger partial charge in [0.2, 0.25) is 35.4 Å². The largest absolute Gasteiger partial charge is 0.514 e. The fraction of sp³-hybridized carbons (Fsp3) is 0.614. The summed E-state index contributed by atoms with van der Waals surface area (Å²) in [6, 6.07) is 1.77. The second-order valence-corrected chi connectivity index (χ2v) is 23.0. The molecule has 1 aliphatic heterocycles. The summed E-state index contributed by atoms with van der Waals surface area (Å²) in [6.07, 6.45) is 2.32. The van der Waals surface area contributed by atoms with Crippen LogP contribution in [0.3, 0.4) is 0 Å². The number of likely N-dealkylation sites (N-methyl/N-ethyl adjacent to an activating group) is 1. The number of nitrogens with one attached hydrogen (secondary N) is 6. The molecule has 0 unspecified atom stereocenters. The second kappa shape index (κ2) is 31.1. The molecule has 22 nitrogen and oxygen atoms in total. The van der Waals surface area contributed by atoms with Crippen molar-refractivity contribution in [3.63, 3.8) is 0 Å². The van der Waals surface area contributed by atoms with Gasteiger partial charge in [-0.05, 0) is 137 Å². The molecule has 1 heterocycles. The van der Waals surface area contributed by atoms with Crippen LogP contribution >= 0.6 is 11.6 Å². The molecule has 0 radical (unpaired) electrons. The van der Waals surface area contributed by atoms with Crippen LogP contribution in [0, 0.1) is 0 Å². The van der Waals surface area contributed by atoms with Crippen LogP contribution in [0.1, 0.15) is 164 Å². The molecule has 5 atom stereocenters. The van der Waals surface area contributed by atoms with Gasteiger partial charge in [-0.3, -0.25) is 33.6 Å². The number of carbonyl (C=O) groups is 10. The van der Waals surface area contributed by atoms with E-state index in [1.165, 1.54) is 57.3 Å². The average Bonchev–Trinajstić information content (AvgIpc) is 3.33. The zero-order valence-corrected chi connectivity index (χ0v) is 49.5. The zero-order chi connectivity index (χ0) is 60.1. The molecule has 0 fully saturated rings. The predicted molar refractivity (Wildman–Crippen MR) is 299 cm³/mol. The maximum Gasteiger partial charge on any atom is 0.514 e. The van der Waals surface area contributed by atoms with Gasteiger partial charge in [0.1, 0.15) is 52.5 Å². The van der Waals surface area contributed by atoms with Crippen molar-refractivity contribution in [3.05, 3.63) is 47.5 Å². The summed E-state index contributed by atoms with van der Waals surface area (Å²) < 4.78 is 28.0. The van der Waals surface area contributed by atoms with E-state index in [9.17, 15) is 43.2 Å². The van der Waals surface area contributed by atoms with Crippen molar-refractivity contribution in [2.24, 2.45) is 0 Å². The third-order valence-corrected chi connectivity index (χ3v) is 12.3. The van der Waals surface area contributed by atoms with Gasteiger partial charge in [0.15, 0.2) is 5.78 Å². The van der Waals surface area contributed by atoms with E-state index in [1.54, 1.807) is 62.3 Å². The third-order valence-electron chi connectivity index (χ3n) is 12.0. The molecule has 0 aliphatic carbocycles. The maximum absolute atomic E-state index is 15.1. The van der Waals surface area contributed by atoms with Crippen LogP contribution in [0.5, 0.6) is 11.5 Å². The molecule has 444 valence electrons. The monoisotopic (exact) mass is 1140 g/mol. The summed E-state index contributed by atoms with van der Waals surface area (Å²) in [5.41, 5.74) is -2.31. The molecular weight excluding hydrogens is 1060 g/mol. The Bertz CT molecular complexity index is 2520. The molecule has 1 aliphatic rings. The Hall–Kier alpha value is -6.97. The van der Waals surface area contributed by atoms with E-state index in [0.29, 0.717) is 24.8 Å². The number of unbranched alkanes of at least 4 members (excludes halogenated alkanes) is 5. The maximum atomic E-state index is 15.1. The van der Waals surface area contributed by atoms with Gasteiger partial charge >= 0.3 is 18.4 Å². The lowest BCUT2D eigenvalue weighted by molar-refractivity contribution is -0.143. The van der Waals surface area contributed by atoms with Crippen molar-refractivity contribution in [2.45, 2.75) is 201 Å².